The summed E-state index contributed by atoms with van der Waals surface area (Å²) < 4.78 is 39.1. The predicted molar refractivity (Wildman–Crippen MR) is 110 cm³/mol. The molecule has 0 saturated heterocycles. The molecule has 1 heterocycles. The molecule has 1 aliphatic carbocycles. The van der Waals surface area contributed by atoms with Crippen molar-refractivity contribution in [3.63, 3.8) is 0 Å². The van der Waals surface area contributed by atoms with Crippen LogP contribution >= 0.6 is 11.3 Å². The van der Waals surface area contributed by atoms with Gasteiger partial charge in [-0.3, -0.25) is 4.72 Å². The Balaban J connectivity index is 1.70. The number of thiazole rings is 1. The van der Waals surface area contributed by atoms with Crippen LogP contribution in [0, 0.1) is 6.92 Å². The van der Waals surface area contributed by atoms with Crippen LogP contribution in [0.1, 0.15) is 16.0 Å². The number of nitrogens with one attached hydrogen (secondary N) is 1. The van der Waals surface area contributed by atoms with E-state index in [1.165, 1.54) is 37.2 Å². The highest BCUT2D eigenvalue weighted by Crippen LogP contribution is 2.39. The van der Waals surface area contributed by atoms with Crippen LogP contribution in [0.2, 0.25) is 0 Å². The van der Waals surface area contributed by atoms with Crippen molar-refractivity contribution < 1.29 is 17.9 Å². The van der Waals surface area contributed by atoms with Gasteiger partial charge in [-0.05, 0) is 37.0 Å². The number of anilines is 1. The van der Waals surface area contributed by atoms with Gasteiger partial charge < -0.3 is 9.47 Å². The fraction of sp³-hybridized carbons (Fsp3) is 0.250. The van der Waals surface area contributed by atoms with Crippen molar-refractivity contribution in [3.05, 3.63) is 52.4 Å². The minimum atomic E-state index is -3.82. The zero-order chi connectivity index (χ0) is 19.9. The summed E-state index contributed by atoms with van der Waals surface area (Å²) in [7, 11) is -0.825. The number of aryl methyl sites for hydroxylation is 3. The molecule has 0 spiro atoms. The zero-order valence-corrected chi connectivity index (χ0v) is 17.4. The van der Waals surface area contributed by atoms with Gasteiger partial charge in [0.05, 0.1) is 24.8 Å². The molecule has 0 fully saturated rings. The van der Waals surface area contributed by atoms with Crippen LogP contribution in [0.3, 0.4) is 0 Å². The number of nitrogens with zero attached hydrogens (tertiary/aromatic N) is 1. The first-order chi connectivity index (χ1) is 13.4. The second-order valence-electron chi connectivity index (χ2n) is 6.53. The van der Waals surface area contributed by atoms with Crippen molar-refractivity contribution in [1.82, 2.24) is 4.98 Å². The smallest absolute Gasteiger partial charge is 0.264 e. The van der Waals surface area contributed by atoms with Gasteiger partial charge in [0.1, 0.15) is 0 Å². The first kappa shape index (κ1) is 18.8. The lowest BCUT2D eigenvalue weighted by atomic mass is 9.94. The highest BCUT2D eigenvalue weighted by Gasteiger charge is 2.25. The predicted octanol–water partition coefficient (Wildman–Crippen LogP) is 4.04. The maximum atomic E-state index is 13.0. The molecule has 0 radical (unpaired) electrons. The van der Waals surface area contributed by atoms with E-state index in [9.17, 15) is 8.42 Å². The maximum Gasteiger partial charge on any atom is 0.264 e. The second-order valence-corrected chi connectivity index (χ2v) is 9.26. The number of hydrogen-bond acceptors (Lipinski definition) is 6. The van der Waals surface area contributed by atoms with Gasteiger partial charge in [-0.25, -0.2) is 13.4 Å². The minimum absolute atomic E-state index is 0.138. The van der Waals surface area contributed by atoms with Gasteiger partial charge in [0.25, 0.3) is 10.0 Å². The molecule has 2 aromatic carbocycles. The summed E-state index contributed by atoms with van der Waals surface area (Å²) in [4.78, 5) is 5.82. The van der Waals surface area contributed by atoms with Crippen LogP contribution in [0.4, 0.5) is 5.13 Å². The van der Waals surface area contributed by atoms with Gasteiger partial charge in [-0.15, -0.1) is 11.3 Å². The molecule has 0 saturated carbocycles. The van der Waals surface area contributed by atoms with Crippen molar-refractivity contribution in [2.75, 3.05) is 18.9 Å². The van der Waals surface area contributed by atoms with Crippen LogP contribution in [-0.4, -0.2) is 27.6 Å². The third kappa shape index (κ3) is 3.22. The van der Waals surface area contributed by atoms with E-state index in [1.807, 2.05) is 18.2 Å². The Hall–Kier alpha value is -2.58. The molecule has 6 nitrogen and oxygen atoms in total. The van der Waals surface area contributed by atoms with E-state index in [4.69, 9.17) is 9.47 Å². The van der Waals surface area contributed by atoms with Gasteiger partial charge in [0.2, 0.25) is 0 Å². The molecule has 0 atom stereocenters. The number of hydrogen-bond donors (Lipinski definition) is 1. The molecule has 4 rings (SSSR count). The van der Waals surface area contributed by atoms with Crippen LogP contribution < -0.4 is 14.2 Å². The zero-order valence-electron chi connectivity index (χ0n) is 15.8. The molecular weight excluding hydrogens is 396 g/mol. The Morgan fingerprint density at radius 2 is 1.79 bits per heavy atom. The molecule has 3 aromatic rings. The molecule has 0 unspecified atom stereocenters. The van der Waals surface area contributed by atoms with E-state index in [-0.39, 0.29) is 4.90 Å². The lowest BCUT2D eigenvalue weighted by molar-refractivity contribution is 0.353. The quantitative estimate of drug-likeness (QED) is 0.679. The summed E-state index contributed by atoms with van der Waals surface area (Å²) in [5, 5.41) is 0.371. The molecule has 1 N–H and O–H groups in total. The number of methoxy groups -OCH3 is 2. The van der Waals surface area contributed by atoms with Gasteiger partial charge in [0.15, 0.2) is 16.6 Å². The number of ether oxygens (including phenoxy) is 2. The summed E-state index contributed by atoms with van der Waals surface area (Å²) in [5.41, 5.74) is 3.75. The SMILES string of the molecule is COc1cc(C)c(S(=O)(=O)Nc2nc3c(s2)CCc2ccccc2-3)cc1OC. The summed E-state index contributed by atoms with van der Waals surface area (Å²) in [6, 6.07) is 11.2. The lowest BCUT2D eigenvalue weighted by Gasteiger charge is -2.13. The van der Waals surface area contributed by atoms with E-state index < -0.39 is 10.0 Å². The Morgan fingerprint density at radius 1 is 1.07 bits per heavy atom. The Morgan fingerprint density at radius 3 is 2.54 bits per heavy atom. The van der Waals surface area contributed by atoms with E-state index >= 15 is 0 Å². The Kier molecular flexibility index (Phi) is 4.76. The van der Waals surface area contributed by atoms with Crippen LogP contribution in [0.25, 0.3) is 11.3 Å². The first-order valence-corrected chi connectivity index (χ1v) is 11.1. The van der Waals surface area contributed by atoms with Crippen LogP contribution in [0.15, 0.2) is 41.3 Å². The molecular formula is C20H20N2O4S2. The van der Waals surface area contributed by atoms with Crippen molar-refractivity contribution in [3.8, 4) is 22.8 Å². The van der Waals surface area contributed by atoms with Gasteiger partial charge in [0, 0.05) is 16.5 Å². The van der Waals surface area contributed by atoms with E-state index in [0.29, 0.717) is 22.2 Å². The fourth-order valence-corrected chi connectivity index (χ4v) is 5.87. The summed E-state index contributed by atoms with van der Waals surface area (Å²) in [5.74, 6) is 0.848. The van der Waals surface area contributed by atoms with Gasteiger partial charge in [-0.2, -0.15) is 0 Å². The number of rotatable bonds is 5. The molecule has 0 amide bonds. The topological polar surface area (TPSA) is 77.5 Å². The molecule has 146 valence electrons. The molecule has 1 aliphatic rings. The molecule has 0 bridgehead atoms. The third-order valence-corrected chi connectivity index (χ3v) is 7.42. The first-order valence-electron chi connectivity index (χ1n) is 8.76. The van der Waals surface area contributed by atoms with Crippen molar-refractivity contribution >= 4 is 26.5 Å². The largest absolute Gasteiger partial charge is 0.493 e. The van der Waals surface area contributed by atoms with Gasteiger partial charge in [-0.1, -0.05) is 24.3 Å². The Bertz CT molecular complexity index is 1150. The normalized spacial score (nSPS) is 12.8. The second kappa shape index (κ2) is 7.10. The standard InChI is InChI=1S/C20H20N2O4S2/c1-12-10-15(25-2)16(26-3)11-18(12)28(23,24)22-20-21-19-14-7-5-4-6-13(14)8-9-17(19)27-20/h4-7,10-11H,8-9H2,1-3H3,(H,21,22). The summed E-state index contributed by atoms with van der Waals surface area (Å²) in [6.07, 6.45) is 1.80. The van der Waals surface area contributed by atoms with E-state index in [2.05, 4.69) is 15.8 Å². The highest BCUT2D eigenvalue weighted by atomic mass is 32.2. The van der Waals surface area contributed by atoms with Crippen molar-refractivity contribution in [2.24, 2.45) is 0 Å². The average molecular weight is 417 g/mol. The monoisotopic (exact) mass is 416 g/mol. The molecule has 8 heteroatoms. The van der Waals surface area contributed by atoms with E-state index in [0.717, 1.165) is 29.0 Å². The summed E-state index contributed by atoms with van der Waals surface area (Å²) >= 11 is 1.39. The molecule has 0 aliphatic heterocycles. The number of sulfonamides is 1. The van der Waals surface area contributed by atoms with Crippen molar-refractivity contribution in [1.29, 1.82) is 0 Å². The number of fused-ring (bicyclic) bond motifs is 3. The lowest BCUT2D eigenvalue weighted by Crippen LogP contribution is -2.14. The molecule has 28 heavy (non-hydrogen) atoms. The fourth-order valence-electron chi connectivity index (χ4n) is 3.41. The third-order valence-electron chi connectivity index (χ3n) is 4.78. The van der Waals surface area contributed by atoms with E-state index in [1.54, 1.807) is 13.0 Å². The average Bonchev–Trinajstić information content (AvgIpc) is 3.09. The molecule has 1 aromatic heterocycles. The van der Waals surface area contributed by atoms with Crippen LogP contribution in [-0.2, 0) is 22.9 Å². The van der Waals surface area contributed by atoms with Crippen molar-refractivity contribution in [2.45, 2.75) is 24.7 Å². The number of aromatic nitrogens is 1. The maximum absolute atomic E-state index is 13.0. The minimum Gasteiger partial charge on any atom is -0.493 e. The summed E-state index contributed by atoms with van der Waals surface area (Å²) in [6.45, 7) is 1.72. The van der Waals surface area contributed by atoms with Crippen LogP contribution in [0.5, 0.6) is 11.5 Å². The number of benzene rings is 2. The Labute approximate surface area is 168 Å². The van der Waals surface area contributed by atoms with Gasteiger partial charge >= 0.3 is 0 Å². The highest BCUT2D eigenvalue weighted by molar-refractivity contribution is 7.93.